The third-order valence-electron chi connectivity index (χ3n) is 5.70. The molecule has 1 fully saturated rings. The topological polar surface area (TPSA) is 126 Å². The number of nitrogens with zero attached hydrogens (tertiary/aromatic N) is 3. The summed E-state index contributed by atoms with van der Waals surface area (Å²) in [6, 6.07) is 10.9. The van der Waals surface area contributed by atoms with E-state index in [0.29, 0.717) is 34.9 Å². The number of sulfonamides is 1. The Morgan fingerprint density at radius 2 is 1.74 bits per heavy atom. The number of nitrogens with one attached hydrogen (secondary N) is 1. The van der Waals surface area contributed by atoms with Gasteiger partial charge < -0.3 is 9.64 Å². The van der Waals surface area contributed by atoms with Crippen molar-refractivity contribution < 1.29 is 27.5 Å². The zero-order chi connectivity index (χ0) is 24.7. The van der Waals surface area contributed by atoms with Crippen LogP contribution in [-0.4, -0.2) is 44.3 Å². The summed E-state index contributed by atoms with van der Waals surface area (Å²) in [5, 5.41) is 1.89. The Labute approximate surface area is 205 Å². The van der Waals surface area contributed by atoms with Crippen LogP contribution in [-0.2, 0) is 24.4 Å². The van der Waals surface area contributed by atoms with Crippen molar-refractivity contribution >= 4 is 55.6 Å². The molecule has 1 aromatic heterocycles. The second kappa shape index (κ2) is 8.78. The van der Waals surface area contributed by atoms with Gasteiger partial charge >= 0.3 is 0 Å². The van der Waals surface area contributed by atoms with E-state index in [1.807, 2.05) is 6.92 Å². The minimum absolute atomic E-state index is 0.00551. The average Bonchev–Trinajstić information content (AvgIpc) is 3.44. The van der Waals surface area contributed by atoms with Gasteiger partial charge in [0.15, 0.2) is 11.7 Å². The van der Waals surface area contributed by atoms with E-state index in [1.165, 1.54) is 24.3 Å². The molecule has 2 aliphatic rings. The molecule has 0 unspecified atom stereocenters. The Morgan fingerprint density at radius 3 is 2.43 bits per heavy atom. The second-order valence-corrected chi connectivity index (χ2v) is 10.4. The Hall–Kier alpha value is -3.77. The fraction of sp³-hybridized carbons (Fsp3) is 0.217. The maximum atomic E-state index is 12.9. The van der Waals surface area contributed by atoms with Crippen LogP contribution in [0, 0.1) is 0 Å². The molecule has 2 aromatic carbocycles. The molecule has 12 heteroatoms. The highest BCUT2D eigenvalue weighted by molar-refractivity contribution is 7.93. The molecule has 0 atom stereocenters. The largest absolute Gasteiger partial charge is 0.482 e. The molecule has 2 aliphatic heterocycles. The van der Waals surface area contributed by atoms with Gasteiger partial charge in [0, 0.05) is 30.3 Å². The predicted molar refractivity (Wildman–Crippen MR) is 130 cm³/mol. The van der Waals surface area contributed by atoms with Gasteiger partial charge in [0.05, 0.1) is 22.0 Å². The number of likely N-dealkylation sites (N-methyl/N-ethyl adjacent to an activating group) is 1. The van der Waals surface area contributed by atoms with Crippen molar-refractivity contribution in [2.45, 2.75) is 24.7 Å². The van der Waals surface area contributed by atoms with Crippen molar-refractivity contribution in [3.8, 4) is 17.0 Å². The summed E-state index contributed by atoms with van der Waals surface area (Å²) in [6.07, 6.45) is 0.299. The van der Waals surface area contributed by atoms with Crippen LogP contribution in [0.4, 0.5) is 16.5 Å². The molecule has 0 saturated carbocycles. The molecule has 3 aromatic rings. The highest BCUT2D eigenvalue weighted by atomic mass is 32.2. The molecule has 10 nitrogen and oxygen atoms in total. The fourth-order valence-corrected chi connectivity index (χ4v) is 5.95. The number of hydrogen-bond acceptors (Lipinski definition) is 8. The van der Waals surface area contributed by atoms with E-state index < -0.39 is 10.0 Å². The van der Waals surface area contributed by atoms with Crippen molar-refractivity contribution in [2.75, 3.05) is 27.7 Å². The Kier molecular flexibility index (Phi) is 5.77. The summed E-state index contributed by atoms with van der Waals surface area (Å²) in [6.45, 7) is 2.37. The number of carbonyl (C=O) groups is 3. The molecule has 5 rings (SSSR count). The maximum absolute atomic E-state index is 12.9. The summed E-state index contributed by atoms with van der Waals surface area (Å²) in [7, 11) is -3.95. The maximum Gasteiger partial charge on any atom is 0.265 e. The number of imide groups is 1. The SMILES string of the molecule is CCN1C(=O)COc2ccc(-c3csc(NS(=O)(=O)c4ccc(N5C(=O)CCC5=O)cc4)n3)cc21. The van der Waals surface area contributed by atoms with Crippen LogP contribution in [0.1, 0.15) is 19.8 Å². The minimum atomic E-state index is -3.95. The predicted octanol–water partition coefficient (Wildman–Crippen LogP) is 3.01. The molecule has 180 valence electrons. The first-order chi connectivity index (χ1) is 16.8. The molecule has 1 N–H and O–H groups in total. The van der Waals surface area contributed by atoms with Gasteiger partial charge in [-0.2, -0.15) is 0 Å². The zero-order valence-corrected chi connectivity index (χ0v) is 20.2. The molecule has 1 saturated heterocycles. The lowest BCUT2D eigenvalue weighted by molar-refractivity contribution is -0.122. The number of ether oxygens (including phenoxy) is 1. The van der Waals surface area contributed by atoms with Crippen molar-refractivity contribution in [3.05, 3.63) is 47.8 Å². The van der Waals surface area contributed by atoms with Crippen LogP contribution in [0.2, 0.25) is 0 Å². The van der Waals surface area contributed by atoms with Gasteiger partial charge in [-0.3, -0.25) is 24.0 Å². The normalized spacial score (nSPS) is 15.9. The zero-order valence-electron chi connectivity index (χ0n) is 18.6. The van der Waals surface area contributed by atoms with Gasteiger partial charge in [-0.05, 0) is 49.4 Å². The standard InChI is InChI=1S/C23H20N4O6S2/c1-2-26-18-11-14(3-8-19(18)33-12-22(26)30)17-13-34-23(24-17)25-35(31,32)16-6-4-15(5-7-16)27-20(28)9-10-21(27)29/h3-8,11,13H,2,9-10,12H2,1H3,(H,24,25). The minimum Gasteiger partial charge on any atom is -0.482 e. The molecule has 3 amide bonds. The first kappa shape index (κ1) is 23.0. The summed E-state index contributed by atoms with van der Waals surface area (Å²) >= 11 is 1.12. The van der Waals surface area contributed by atoms with Crippen LogP contribution in [0.15, 0.2) is 52.7 Å². The number of benzene rings is 2. The summed E-state index contributed by atoms with van der Waals surface area (Å²) in [4.78, 5) is 43.0. The molecule has 3 heterocycles. The third-order valence-corrected chi connectivity index (χ3v) is 7.94. The highest BCUT2D eigenvalue weighted by Gasteiger charge is 2.30. The Balaban J connectivity index is 1.35. The van der Waals surface area contributed by atoms with Crippen LogP contribution in [0.3, 0.4) is 0 Å². The van der Waals surface area contributed by atoms with Crippen LogP contribution in [0.5, 0.6) is 5.75 Å². The highest BCUT2D eigenvalue weighted by Crippen LogP contribution is 2.37. The molecule has 0 spiro atoms. The van der Waals surface area contributed by atoms with Gasteiger partial charge in [-0.15, -0.1) is 11.3 Å². The van der Waals surface area contributed by atoms with Gasteiger partial charge in [0.2, 0.25) is 11.8 Å². The molecular weight excluding hydrogens is 492 g/mol. The van der Waals surface area contributed by atoms with Crippen molar-refractivity contribution in [2.24, 2.45) is 0 Å². The number of hydrogen-bond donors (Lipinski definition) is 1. The van der Waals surface area contributed by atoms with Crippen LogP contribution >= 0.6 is 11.3 Å². The number of anilines is 3. The number of carbonyl (C=O) groups excluding carboxylic acids is 3. The van der Waals surface area contributed by atoms with Crippen molar-refractivity contribution in [1.82, 2.24) is 4.98 Å². The summed E-state index contributed by atoms with van der Waals surface area (Å²) in [5.74, 6) is -0.140. The van der Waals surface area contributed by atoms with Gasteiger partial charge in [0.25, 0.3) is 15.9 Å². The lowest BCUT2D eigenvalue weighted by Crippen LogP contribution is -2.38. The monoisotopic (exact) mass is 512 g/mol. The van der Waals surface area contributed by atoms with E-state index in [-0.39, 0.29) is 47.2 Å². The third kappa shape index (κ3) is 4.26. The molecular formula is C23H20N4O6S2. The number of thiazole rings is 1. The van der Waals surface area contributed by atoms with Gasteiger partial charge in [-0.1, -0.05) is 0 Å². The second-order valence-electron chi connectivity index (χ2n) is 7.87. The lowest BCUT2D eigenvalue weighted by Gasteiger charge is -2.28. The fourth-order valence-electron chi connectivity index (χ4n) is 3.97. The smallest absolute Gasteiger partial charge is 0.265 e. The number of rotatable bonds is 6. The molecule has 0 radical (unpaired) electrons. The summed E-state index contributed by atoms with van der Waals surface area (Å²) in [5.41, 5.74) is 2.24. The Bertz CT molecular complexity index is 1430. The number of amides is 3. The number of aromatic nitrogens is 1. The average molecular weight is 513 g/mol. The molecule has 0 bridgehead atoms. The van der Waals surface area contributed by atoms with Gasteiger partial charge in [-0.25, -0.2) is 13.4 Å². The van der Waals surface area contributed by atoms with E-state index >= 15 is 0 Å². The Morgan fingerprint density at radius 1 is 1.03 bits per heavy atom. The molecule has 0 aliphatic carbocycles. The van der Waals surface area contributed by atoms with Crippen molar-refractivity contribution in [3.63, 3.8) is 0 Å². The van der Waals surface area contributed by atoms with E-state index in [9.17, 15) is 22.8 Å². The molecule has 35 heavy (non-hydrogen) atoms. The first-order valence-corrected chi connectivity index (χ1v) is 13.1. The van der Waals surface area contributed by atoms with E-state index in [1.54, 1.807) is 28.5 Å². The van der Waals surface area contributed by atoms with E-state index in [0.717, 1.165) is 16.2 Å². The van der Waals surface area contributed by atoms with E-state index in [4.69, 9.17) is 4.74 Å². The van der Waals surface area contributed by atoms with Crippen LogP contribution < -0.4 is 19.3 Å². The summed E-state index contributed by atoms with van der Waals surface area (Å²) < 4.78 is 33.7. The van der Waals surface area contributed by atoms with Gasteiger partial charge in [0.1, 0.15) is 5.75 Å². The first-order valence-electron chi connectivity index (χ1n) is 10.8. The van der Waals surface area contributed by atoms with E-state index in [2.05, 4.69) is 9.71 Å². The van der Waals surface area contributed by atoms with Crippen LogP contribution in [0.25, 0.3) is 11.3 Å². The van der Waals surface area contributed by atoms with Crippen molar-refractivity contribution in [1.29, 1.82) is 0 Å². The quantitative estimate of drug-likeness (QED) is 0.503. The number of fused-ring (bicyclic) bond motifs is 1. The lowest BCUT2D eigenvalue weighted by atomic mass is 10.1.